The second-order valence-corrected chi connectivity index (χ2v) is 5.42. The summed E-state index contributed by atoms with van der Waals surface area (Å²) in [4.78, 5) is 14.0. The molecule has 3 nitrogen and oxygen atoms in total. The first kappa shape index (κ1) is 16.2. The van der Waals surface area contributed by atoms with Gasteiger partial charge in [0.15, 0.2) is 0 Å². The first-order valence-electron chi connectivity index (χ1n) is 7.94. The summed E-state index contributed by atoms with van der Waals surface area (Å²) in [6.45, 7) is 7.45. The Labute approximate surface area is 118 Å². The first-order chi connectivity index (χ1) is 9.27. The molecule has 1 N–H and O–H groups in total. The lowest BCUT2D eigenvalue weighted by atomic mass is 9.97. The van der Waals surface area contributed by atoms with Crippen LogP contribution in [0.25, 0.3) is 0 Å². The van der Waals surface area contributed by atoms with Crippen molar-refractivity contribution in [3.05, 3.63) is 11.6 Å². The SMILES string of the molecule is CCCN(CCC)C(=O)CNCCC1=CCCCC1. The van der Waals surface area contributed by atoms with Gasteiger partial charge in [0.25, 0.3) is 0 Å². The summed E-state index contributed by atoms with van der Waals surface area (Å²) in [5.74, 6) is 0.251. The molecule has 0 saturated heterocycles. The van der Waals surface area contributed by atoms with Gasteiger partial charge in [0, 0.05) is 13.1 Å². The minimum atomic E-state index is 0.251. The summed E-state index contributed by atoms with van der Waals surface area (Å²) in [6, 6.07) is 0. The molecule has 0 atom stereocenters. The van der Waals surface area contributed by atoms with Crippen LogP contribution in [0.2, 0.25) is 0 Å². The van der Waals surface area contributed by atoms with Crippen LogP contribution in [0.4, 0.5) is 0 Å². The second kappa shape index (κ2) is 10.0. The van der Waals surface area contributed by atoms with Crippen molar-refractivity contribution in [1.29, 1.82) is 0 Å². The van der Waals surface area contributed by atoms with Crippen LogP contribution in [0.1, 0.15) is 58.8 Å². The number of hydrogen-bond donors (Lipinski definition) is 1. The lowest BCUT2D eigenvalue weighted by molar-refractivity contribution is -0.130. The summed E-state index contributed by atoms with van der Waals surface area (Å²) in [5, 5.41) is 3.30. The zero-order chi connectivity index (χ0) is 13.9. The van der Waals surface area contributed by atoms with Crippen molar-refractivity contribution in [2.75, 3.05) is 26.2 Å². The van der Waals surface area contributed by atoms with E-state index in [9.17, 15) is 4.79 Å². The lowest BCUT2D eigenvalue weighted by Gasteiger charge is -2.21. The van der Waals surface area contributed by atoms with Crippen LogP contribution in [0.5, 0.6) is 0 Å². The number of carbonyl (C=O) groups is 1. The fourth-order valence-electron chi connectivity index (χ4n) is 2.59. The molecule has 0 radical (unpaired) electrons. The highest BCUT2D eigenvalue weighted by Gasteiger charge is 2.10. The van der Waals surface area contributed by atoms with Crippen LogP contribution in [-0.4, -0.2) is 37.0 Å². The lowest BCUT2D eigenvalue weighted by Crippen LogP contribution is -2.39. The number of hydrogen-bond acceptors (Lipinski definition) is 2. The van der Waals surface area contributed by atoms with Gasteiger partial charge in [-0.25, -0.2) is 0 Å². The molecule has 1 amide bonds. The number of nitrogens with one attached hydrogen (secondary N) is 1. The maximum absolute atomic E-state index is 12.0. The Morgan fingerprint density at radius 1 is 1.26 bits per heavy atom. The van der Waals surface area contributed by atoms with Gasteiger partial charge in [0.1, 0.15) is 0 Å². The smallest absolute Gasteiger partial charge is 0.236 e. The molecular formula is C16H30N2O. The van der Waals surface area contributed by atoms with Crippen molar-refractivity contribution in [3.8, 4) is 0 Å². The zero-order valence-corrected chi connectivity index (χ0v) is 12.7. The highest BCUT2D eigenvalue weighted by Crippen LogP contribution is 2.19. The van der Waals surface area contributed by atoms with Crippen LogP contribution < -0.4 is 5.32 Å². The second-order valence-electron chi connectivity index (χ2n) is 5.42. The van der Waals surface area contributed by atoms with Crippen molar-refractivity contribution in [2.45, 2.75) is 58.8 Å². The molecule has 1 aliphatic carbocycles. The summed E-state index contributed by atoms with van der Waals surface area (Å²) in [6.07, 6.45) is 10.8. The molecule has 1 aliphatic rings. The predicted molar refractivity (Wildman–Crippen MR) is 81.2 cm³/mol. The van der Waals surface area contributed by atoms with Crippen LogP contribution in [0.15, 0.2) is 11.6 Å². The van der Waals surface area contributed by atoms with E-state index in [0.29, 0.717) is 6.54 Å². The maximum Gasteiger partial charge on any atom is 0.236 e. The molecule has 0 aliphatic heterocycles. The molecule has 0 aromatic carbocycles. The maximum atomic E-state index is 12.0. The molecule has 0 spiro atoms. The van der Waals surface area contributed by atoms with E-state index in [1.54, 1.807) is 5.57 Å². The molecule has 19 heavy (non-hydrogen) atoms. The van der Waals surface area contributed by atoms with Crippen molar-refractivity contribution in [1.82, 2.24) is 10.2 Å². The van der Waals surface area contributed by atoms with E-state index in [4.69, 9.17) is 0 Å². The van der Waals surface area contributed by atoms with Gasteiger partial charge in [0.2, 0.25) is 5.91 Å². The number of rotatable bonds is 9. The van der Waals surface area contributed by atoms with E-state index in [1.165, 1.54) is 25.7 Å². The average molecular weight is 266 g/mol. The van der Waals surface area contributed by atoms with Gasteiger partial charge < -0.3 is 10.2 Å². The highest BCUT2D eigenvalue weighted by atomic mass is 16.2. The van der Waals surface area contributed by atoms with Crippen LogP contribution >= 0.6 is 0 Å². The molecule has 3 heteroatoms. The van der Waals surface area contributed by atoms with Gasteiger partial charge in [-0.3, -0.25) is 4.79 Å². The van der Waals surface area contributed by atoms with Gasteiger partial charge in [-0.1, -0.05) is 25.5 Å². The third-order valence-electron chi connectivity index (χ3n) is 3.62. The number of carbonyl (C=O) groups excluding carboxylic acids is 1. The Balaban J connectivity index is 2.16. The minimum absolute atomic E-state index is 0.251. The van der Waals surface area contributed by atoms with Crippen molar-refractivity contribution >= 4 is 5.91 Å². The van der Waals surface area contributed by atoms with Gasteiger partial charge in [0.05, 0.1) is 6.54 Å². The Morgan fingerprint density at radius 2 is 2.00 bits per heavy atom. The van der Waals surface area contributed by atoms with Gasteiger partial charge in [-0.15, -0.1) is 0 Å². The van der Waals surface area contributed by atoms with E-state index in [-0.39, 0.29) is 5.91 Å². The minimum Gasteiger partial charge on any atom is -0.342 e. The van der Waals surface area contributed by atoms with Crippen LogP contribution in [0, 0.1) is 0 Å². The third kappa shape index (κ3) is 6.76. The van der Waals surface area contributed by atoms with Gasteiger partial charge in [-0.2, -0.15) is 0 Å². The Hall–Kier alpha value is -0.830. The van der Waals surface area contributed by atoms with Crippen LogP contribution in [0.3, 0.4) is 0 Å². The molecular weight excluding hydrogens is 236 g/mol. The van der Waals surface area contributed by atoms with E-state index >= 15 is 0 Å². The quantitative estimate of drug-likeness (QED) is 0.514. The third-order valence-corrected chi connectivity index (χ3v) is 3.62. The molecule has 0 saturated carbocycles. The van der Waals surface area contributed by atoms with Crippen molar-refractivity contribution < 1.29 is 4.79 Å². The molecule has 0 bridgehead atoms. The molecule has 0 aromatic heterocycles. The summed E-state index contributed by atoms with van der Waals surface area (Å²) < 4.78 is 0. The Kier molecular flexibility index (Phi) is 8.55. The molecule has 1 rings (SSSR count). The summed E-state index contributed by atoms with van der Waals surface area (Å²) in [7, 11) is 0. The largest absolute Gasteiger partial charge is 0.342 e. The fraction of sp³-hybridized carbons (Fsp3) is 0.812. The first-order valence-corrected chi connectivity index (χ1v) is 7.94. The van der Waals surface area contributed by atoms with Crippen LogP contribution in [-0.2, 0) is 4.79 Å². The van der Waals surface area contributed by atoms with E-state index < -0.39 is 0 Å². The number of amides is 1. The standard InChI is InChI=1S/C16H30N2O/c1-3-12-18(13-4-2)16(19)14-17-11-10-15-8-6-5-7-9-15/h8,17H,3-7,9-14H2,1-2H3. The zero-order valence-electron chi connectivity index (χ0n) is 12.7. The van der Waals surface area contributed by atoms with E-state index in [1.807, 2.05) is 4.90 Å². The van der Waals surface area contributed by atoms with E-state index in [2.05, 4.69) is 25.2 Å². The fourth-order valence-corrected chi connectivity index (χ4v) is 2.59. The number of nitrogens with zero attached hydrogens (tertiary/aromatic N) is 1. The summed E-state index contributed by atoms with van der Waals surface area (Å²) in [5.41, 5.74) is 1.57. The monoisotopic (exact) mass is 266 g/mol. The normalized spacial score (nSPS) is 15.2. The highest BCUT2D eigenvalue weighted by molar-refractivity contribution is 5.78. The molecule has 0 heterocycles. The number of allylic oxidation sites excluding steroid dienone is 1. The summed E-state index contributed by atoms with van der Waals surface area (Å²) >= 11 is 0. The molecule has 0 unspecified atom stereocenters. The Morgan fingerprint density at radius 3 is 2.58 bits per heavy atom. The van der Waals surface area contributed by atoms with Crippen molar-refractivity contribution in [2.24, 2.45) is 0 Å². The molecule has 110 valence electrons. The Bertz CT molecular complexity index is 280. The average Bonchev–Trinajstić information content (AvgIpc) is 2.44. The topological polar surface area (TPSA) is 32.3 Å². The van der Waals surface area contributed by atoms with E-state index in [0.717, 1.165) is 38.9 Å². The van der Waals surface area contributed by atoms with Crippen molar-refractivity contribution in [3.63, 3.8) is 0 Å². The predicted octanol–water partition coefficient (Wildman–Crippen LogP) is 3.12. The molecule has 0 fully saturated rings. The molecule has 0 aromatic rings. The van der Waals surface area contributed by atoms with Gasteiger partial charge >= 0.3 is 0 Å². The van der Waals surface area contributed by atoms with Gasteiger partial charge in [-0.05, 0) is 51.5 Å².